The Balaban J connectivity index is 1.26. The number of aromatic nitrogens is 2. The van der Waals surface area contributed by atoms with Crippen LogP contribution in [0.4, 0.5) is 0 Å². The molecule has 2 aliphatic rings. The van der Waals surface area contributed by atoms with E-state index in [1.165, 1.54) is 0 Å². The number of nitrogens with one attached hydrogen (secondary N) is 1. The number of H-pyrrole nitrogens is 1. The molecule has 1 fully saturated rings. The third-order valence-electron chi connectivity index (χ3n) is 7.83. The van der Waals surface area contributed by atoms with Gasteiger partial charge in [-0.2, -0.15) is 0 Å². The molecule has 198 valence electrons. The van der Waals surface area contributed by atoms with E-state index in [0.29, 0.717) is 51.9 Å². The number of carbonyl (C=O) groups is 1. The van der Waals surface area contributed by atoms with Gasteiger partial charge in [0, 0.05) is 12.1 Å². The number of hydrogen-bond donors (Lipinski definition) is 2. The number of aliphatic hydroxyl groups excluding tert-OH is 1. The number of benzene rings is 3. The Kier molecular flexibility index (Phi) is 6.79. The van der Waals surface area contributed by atoms with Crippen LogP contribution < -0.4 is 5.56 Å². The van der Waals surface area contributed by atoms with Gasteiger partial charge in [0.15, 0.2) is 6.10 Å². The molecule has 1 amide bonds. The van der Waals surface area contributed by atoms with Gasteiger partial charge in [-0.3, -0.25) is 9.59 Å². The van der Waals surface area contributed by atoms with Gasteiger partial charge in [-0.15, -0.1) is 0 Å². The Morgan fingerprint density at radius 3 is 2.56 bits per heavy atom. The van der Waals surface area contributed by atoms with Crippen molar-refractivity contribution >= 4 is 29.1 Å². The lowest BCUT2D eigenvalue weighted by molar-refractivity contribution is -0.141. The summed E-state index contributed by atoms with van der Waals surface area (Å²) in [6.07, 6.45) is 1.74. The minimum atomic E-state index is -1.39. The van der Waals surface area contributed by atoms with Crippen LogP contribution in [-0.2, 0) is 23.2 Å². The number of halogens is 2. The van der Waals surface area contributed by atoms with Crippen LogP contribution in [0.25, 0.3) is 11.1 Å². The van der Waals surface area contributed by atoms with E-state index < -0.39 is 12.0 Å². The first-order chi connectivity index (χ1) is 18.9. The van der Waals surface area contributed by atoms with Gasteiger partial charge >= 0.3 is 0 Å². The molecule has 1 unspecified atom stereocenters. The summed E-state index contributed by atoms with van der Waals surface area (Å²) < 4.78 is 0. The summed E-state index contributed by atoms with van der Waals surface area (Å²) in [6, 6.07) is 22.6. The van der Waals surface area contributed by atoms with Crippen molar-refractivity contribution < 1.29 is 9.90 Å². The number of aryl methyl sites for hydroxylation is 1. The van der Waals surface area contributed by atoms with Gasteiger partial charge in [-0.1, -0.05) is 83.9 Å². The van der Waals surface area contributed by atoms with Crippen LogP contribution in [0.3, 0.4) is 0 Å². The molecule has 1 aliphatic heterocycles. The maximum absolute atomic E-state index is 13.5. The number of amides is 1. The Bertz CT molecular complexity index is 1620. The van der Waals surface area contributed by atoms with Crippen LogP contribution in [0, 0.1) is 0 Å². The van der Waals surface area contributed by atoms with Crippen molar-refractivity contribution in [1.29, 1.82) is 0 Å². The Morgan fingerprint density at radius 2 is 1.79 bits per heavy atom. The lowest BCUT2D eigenvalue weighted by atomic mass is 9.94. The van der Waals surface area contributed by atoms with E-state index in [1.807, 2.05) is 30.3 Å². The van der Waals surface area contributed by atoms with Crippen LogP contribution in [0.2, 0.25) is 10.0 Å². The number of carbonyl (C=O) groups excluding carboxylic acids is 1. The molecule has 1 aliphatic carbocycles. The highest BCUT2D eigenvalue weighted by Gasteiger charge is 2.48. The predicted molar refractivity (Wildman–Crippen MR) is 152 cm³/mol. The summed E-state index contributed by atoms with van der Waals surface area (Å²) in [4.78, 5) is 36.3. The normalized spacial score (nSPS) is 16.7. The van der Waals surface area contributed by atoms with E-state index in [9.17, 15) is 14.7 Å². The van der Waals surface area contributed by atoms with Gasteiger partial charge < -0.3 is 15.0 Å². The number of nitrogens with zero attached hydrogens (tertiary/aromatic N) is 2. The maximum Gasteiger partial charge on any atom is 0.256 e. The quantitative estimate of drug-likeness (QED) is 0.322. The fourth-order valence-electron chi connectivity index (χ4n) is 5.50. The average molecular weight is 560 g/mol. The van der Waals surface area contributed by atoms with Gasteiger partial charge in [0.25, 0.3) is 11.5 Å². The molecule has 0 radical (unpaired) electrons. The summed E-state index contributed by atoms with van der Waals surface area (Å²) in [6.45, 7) is 0.524. The van der Waals surface area contributed by atoms with Crippen molar-refractivity contribution in [2.45, 2.75) is 43.7 Å². The van der Waals surface area contributed by atoms with Gasteiger partial charge in [0.05, 0.1) is 33.3 Å². The second-order valence-electron chi connectivity index (χ2n) is 10.3. The Labute approximate surface area is 236 Å². The third kappa shape index (κ3) is 4.78. The van der Waals surface area contributed by atoms with E-state index in [2.05, 4.69) is 17.1 Å². The highest BCUT2D eigenvalue weighted by molar-refractivity contribution is 6.43. The Morgan fingerprint density at radius 1 is 1.03 bits per heavy atom. The third-order valence-corrected chi connectivity index (χ3v) is 8.65. The highest BCUT2D eigenvalue weighted by atomic mass is 35.5. The lowest BCUT2D eigenvalue weighted by Crippen LogP contribution is -2.36. The molecule has 0 saturated heterocycles. The molecule has 2 heterocycles. The molecule has 39 heavy (non-hydrogen) atoms. The van der Waals surface area contributed by atoms with Crippen molar-refractivity contribution in [3.63, 3.8) is 0 Å². The van der Waals surface area contributed by atoms with E-state index >= 15 is 0 Å². The van der Waals surface area contributed by atoms with Crippen LogP contribution in [0.5, 0.6) is 0 Å². The van der Waals surface area contributed by atoms with Crippen LogP contribution in [0.1, 0.15) is 53.6 Å². The first-order valence-electron chi connectivity index (χ1n) is 13.1. The summed E-state index contributed by atoms with van der Waals surface area (Å²) in [5, 5.41) is 11.9. The van der Waals surface area contributed by atoms with Crippen molar-refractivity contribution in [2.24, 2.45) is 0 Å². The van der Waals surface area contributed by atoms with Gasteiger partial charge in [-0.05, 0) is 54.5 Å². The fraction of sp³-hybridized carbons (Fsp3) is 0.258. The lowest BCUT2D eigenvalue weighted by Gasteiger charge is -2.24. The zero-order valence-electron chi connectivity index (χ0n) is 21.2. The number of aromatic amines is 1. The van der Waals surface area contributed by atoms with Crippen LogP contribution in [0.15, 0.2) is 77.6 Å². The van der Waals surface area contributed by atoms with Crippen molar-refractivity contribution in [3.05, 3.63) is 121 Å². The number of rotatable bonds is 5. The molecule has 6 rings (SSSR count). The van der Waals surface area contributed by atoms with Crippen molar-refractivity contribution in [2.75, 3.05) is 6.54 Å². The first kappa shape index (κ1) is 25.8. The van der Waals surface area contributed by atoms with Gasteiger partial charge in [-0.25, -0.2) is 4.98 Å². The second kappa shape index (κ2) is 10.3. The largest absolute Gasteiger partial charge is 0.378 e. The summed E-state index contributed by atoms with van der Waals surface area (Å²) in [5.74, 6) is 0.248. The molecule has 6 nitrogen and oxygen atoms in total. The monoisotopic (exact) mass is 559 g/mol. The first-order valence-corrected chi connectivity index (χ1v) is 13.8. The van der Waals surface area contributed by atoms with E-state index in [1.54, 1.807) is 35.2 Å². The number of hydrogen-bond acceptors (Lipinski definition) is 4. The molecule has 1 atom stereocenters. The molecule has 8 heteroatoms. The predicted octanol–water partition coefficient (Wildman–Crippen LogP) is 5.83. The smallest absolute Gasteiger partial charge is 0.256 e. The molecular weight excluding hydrogens is 533 g/mol. The van der Waals surface area contributed by atoms with E-state index in [-0.39, 0.29) is 17.5 Å². The second-order valence-corrected chi connectivity index (χ2v) is 11.1. The fourth-order valence-corrected chi connectivity index (χ4v) is 5.91. The minimum absolute atomic E-state index is 0.103. The zero-order chi connectivity index (χ0) is 27.1. The van der Waals surface area contributed by atoms with Crippen molar-refractivity contribution in [1.82, 2.24) is 14.9 Å². The standard InChI is InChI=1S/C31H27Cl2N3O3/c32-24-12-5-11-22(26(24)33)19-7-4-8-20(17-19)27(37)29(39)36-16-6-13-25-23(18-36)28(38)35-30(34-25)31(14-15-31)21-9-2-1-3-10-21/h1-5,7-12,17,27,37H,6,13-16,18H2,(H,34,35,38). The molecule has 3 aromatic carbocycles. The van der Waals surface area contributed by atoms with E-state index in [0.717, 1.165) is 29.7 Å². The SMILES string of the molecule is O=C(C(O)c1cccc(-c2cccc(Cl)c2Cl)c1)N1CCCc2nc(C3(c4ccccc4)CC3)[nH]c(=O)c2C1. The zero-order valence-corrected chi connectivity index (χ0v) is 22.7. The summed E-state index contributed by atoms with van der Waals surface area (Å²) in [5.41, 5.74) is 3.81. The summed E-state index contributed by atoms with van der Waals surface area (Å²) in [7, 11) is 0. The van der Waals surface area contributed by atoms with Gasteiger partial charge in [0.2, 0.25) is 0 Å². The van der Waals surface area contributed by atoms with Gasteiger partial charge in [0.1, 0.15) is 5.82 Å². The van der Waals surface area contributed by atoms with Crippen molar-refractivity contribution in [3.8, 4) is 11.1 Å². The molecule has 1 aromatic heterocycles. The summed E-state index contributed by atoms with van der Waals surface area (Å²) >= 11 is 12.6. The molecule has 1 saturated carbocycles. The molecule has 0 bridgehead atoms. The van der Waals surface area contributed by atoms with E-state index in [4.69, 9.17) is 28.2 Å². The van der Waals surface area contributed by atoms with Crippen LogP contribution in [-0.4, -0.2) is 32.4 Å². The molecule has 2 N–H and O–H groups in total. The Hall–Kier alpha value is -3.45. The average Bonchev–Trinajstić information content (AvgIpc) is 3.79. The number of aliphatic hydroxyl groups is 1. The molecule has 0 spiro atoms. The molecular formula is C31H27Cl2N3O3. The molecule has 4 aromatic rings. The van der Waals surface area contributed by atoms with Crippen LogP contribution >= 0.6 is 23.2 Å². The highest BCUT2D eigenvalue weighted by Crippen LogP contribution is 2.52. The maximum atomic E-state index is 13.5. The topological polar surface area (TPSA) is 86.3 Å². The minimum Gasteiger partial charge on any atom is -0.378 e. The number of fused-ring (bicyclic) bond motifs is 1.